The van der Waals surface area contributed by atoms with Crippen LogP contribution in [0.2, 0.25) is 10.0 Å². The SMILES string of the molecule is CNS(=O)(=O)c1cc(Cl)c(C(=O)O)c(Cl)c1C(=O)C(=O)OC(C)(C)C. The highest BCUT2D eigenvalue weighted by Gasteiger charge is 2.35. The molecule has 0 aliphatic heterocycles. The van der Waals surface area contributed by atoms with Crippen molar-refractivity contribution in [2.45, 2.75) is 31.3 Å². The molecule has 0 unspecified atom stereocenters. The van der Waals surface area contributed by atoms with Crippen LogP contribution in [0.4, 0.5) is 0 Å². The lowest BCUT2D eigenvalue weighted by Crippen LogP contribution is -2.31. The van der Waals surface area contributed by atoms with Gasteiger partial charge in [0.05, 0.1) is 26.1 Å². The van der Waals surface area contributed by atoms with Crippen molar-refractivity contribution in [3.8, 4) is 0 Å². The number of carboxylic acids is 1. The fourth-order valence-electron chi connectivity index (χ4n) is 1.75. The highest BCUT2D eigenvalue weighted by molar-refractivity contribution is 7.89. The van der Waals surface area contributed by atoms with E-state index in [0.29, 0.717) is 0 Å². The summed E-state index contributed by atoms with van der Waals surface area (Å²) in [5, 5.41) is 7.89. The third-order valence-corrected chi connectivity index (χ3v) is 4.88. The van der Waals surface area contributed by atoms with E-state index in [1.54, 1.807) is 0 Å². The van der Waals surface area contributed by atoms with Crippen LogP contribution in [-0.4, -0.2) is 43.9 Å². The molecule has 0 fully saturated rings. The molecule has 1 rings (SSSR count). The molecule has 1 aromatic rings. The average molecular weight is 412 g/mol. The van der Waals surface area contributed by atoms with Gasteiger partial charge in [-0.15, -0.1) is 0 Å². The summed E-state index contributed by atoms with van der Waals surface area (Å²) in [6.45, 7) is 4.49. The van der Waals surface area contributed by atoms with Gasteiger partial charge < -0.3 is 9.84 Å². The molecule has 0 spiro atoms. The van der Waals surface area contributed by atoms with Crippen LogP contribution in [0, 0.1) is 0 Å². The largest absolute Gasteiger partial charge is 0.478 e. The fourth-order valence-corrected chi connectivity index (χ4v) is 3.53. The van der Waals surface area contributed by atoms with Gasteiger partial charge in [-0.1, -0.05) is 23.2 Å². The molecule has 11 heteroatoms. The molecule has 8 nitrogen and oxygen atoms in total. The molecule has 0 atom stereocenters. The minimum atomic E-state index is -4.28. The smallest absolute Gasteiger partial charge is 0.380 e. The van der Waals surface area contributed by atoms with Crippen LogP contribution >= 0.6 is 23.2 Å². The third-order valence-electron chi connectivity index (χ3n) is 2.77. The first-order valence-corrected chi connectivity index (χ1v) is 8.93. The van der Waals surface area contributed by atoms with Crippen LogP contribution in [-0.2, 0) is 19.6 Å². The second-order valence-corrected chi connectivity index (χ2v) is 8.40. The van der Waals surface area contributed by atoms with E-state index in [2.05, 4.69) is 0 Å². The van der Waals surface area contributed by atoms with E-state index >= 15 is 0 Å². The Kier molecular flexibility index (Phi) is 6.22. The van der Waals surface area contributed by atoms with Gasteiger partial charge in [0, 0.05) is 0 Å². The van der Waals surface area contributed by atoms with Gasteiger partial charge in [0.1, 0.15) is 5.60 Å². The van der Waals surface area contributed by atoms with Crippen LogP contribution in [0.1, 0.15) is 41.5 Å². The van der Waals surface area contributed by atoms with Gasteiger partial charge in [-0.2, -0.15) is 0 Å². The zero-order valence-electron chi connectivity index (χ0n) is 13.6. The summed E-state index contributed by atoms with van der Waals surface area (Å²) in [6.07, 6.45) is 0. The first-order chi connectivity index (χ1) is 11.2. The van der Waals surface area contributed by atoms with E-state index in [1.165, 1.54) is 20.8 Å². The number of halogens is 2. The van der Waals surface area contributed by atoms with Crippen LogP contribution in [0.15, 0.2) is 11.0 Å². The van der Waals surface area contributed by atoms with Crippen LogP contribution in [0.5, 0.6) is 0 Å². The first-order valence-electron chi connectivity index (χ1n) is 6.69. The highest BCUT2D eigenvalue weighted by atomic mass is 35.5. The van der Waals surface area contributed by atoms with Crippen molar-refractivity contribution in [3.05, 3.63) is 27.2 Å². The molecule has 0 aliphatic rings. The van der Waals surface area contributed by atoms with Crippen LogP contribution < -0.4 is 4.72 Å². The maximum absolute atomic E-state index is 12.4. The third kappa shape index (κ3) is 4.69. The molecule has 25 heavy (non-hydrogen) atoms. The summed E-state index contributed by atoms with van der Waals surface area (Å²) < 4.78 is 31.1. The zero-order valence-corrected chi connectivity index (χ0v) is 16.0. The van der Waals surface area contributed by atoms with Gasteiger partial charge in [-0.25, -0.2) is 22.7 Å². The number of ketones is 1. The summed E-state index contributed by atoms with van der Waals surface area (Å²) in [5.41, 5.74) is -2.57. The number of hydrogen-bond donors (Lipinski definition) is 2. The summed E-state index contributed by atoms with van der Waals surface area (Å²) in [4.78, 5) is 35.0. The topological polar surface area (TPSA) is 127 Å². The van der Waals surface area contributed by atoms with Crippen molar-refractivity contribution in [2.75, 3.05) is 7.05 Å². The average Bonchev–Trinajstić information content (AvgIpc) is 2.43. The van der Waals surface area contributed by atoms with Gasteiger partial charge in [0.2, 0.25) is 10.0 Å². The molecule has 1 aromatic carbocycles. The summed E-state index contributed by atoms with van der Waals surface area (Å²) in [7, 11) is -3.22. The first kappa shape index (κ1) is 21.4. The molecule has 2 N–H and O–H groups in total. The maximum atomic E-state index is 12.4. The number of esters is 1. The number of sulfonamides is 1. The molecule has 0 aliphatic carbocycles. The molecular weight excluding hydrogens is 397 g/mol. The van der Waals surface area contributed by atoms with Crippen molar-refractivity contribution in [2.24, 2.45) is 0 Å². The lowest BCUT2D eigenvalue weighted by Gasteiger charge is -2.20. The molecule has 0 radical (unpaired) electrons. The summed E-state index contributed by atoms with van der Waals surface area (Å²) >= 11 is 11.7. The lowest BCUT2D eigenvalue weighted by atomic mass is 10.1. The molecule has 138 valence electrons. The van der Waals surface area contributed by atoms with Crippen molar-refractivity contribution in [1.82, 2.24) is 4.72 Å². The number of aromatic carboxylic acids is 1. The minimum absolute atomic E-state index is 0.507. The van der Waals surface area contributed by atoms with E-state index in [4.69, 9.17) is 33.0 Å². The lowest BCUT2D eigenvalue weighted by molar-refractivity contribution is -0.148. The molecule has 0 aromatic heterocycles. The second-order valence-electron chi connectivity index (χ2n) is 5.76. The standard InChI is InChI=1S/C14H15Cl2NO7S/c1-14(2,3)24-13(21)11(18)9-7(25(22,23)17-4)5-6(15)8(10(9)16)12(19)20/h5,17H,1-4H3,(H,19,20). The monoisotopic (exact) mass is 411 g/mol. The molecule has 0 saturated heterocycles. The number of benzene rings is 1. The number of rotatable bonds is 5. The van der Waals surface area contributed by atoms with Gasteiger partial charge in [-0.05, 0) is 33.9 Å². The number of carbonyl (C=O) groups is 3. The Hall–Kier alpha value is -1.68. The van der Waals surface area contributed by atoms with E-state index in [9.17, 15) is 22.8 Å². The Morgan fingerprint density at radius 3 is 2.08 bits per heavy atom. The molecule has 0 bridgehead atoms. The van der Waals surface area contributed by atoms with Crippen molar-refractivity contribution < 1.29 is 32.6 Å². The summed E-state index contributed by atoms with van der Waals surface area (Å²) in [6, 6.07) is 0.736. The number of hydrogen-bond acceptors (Lipinski definition) is 6. The van der Waals surface area contributed by atoms with Gasteiger partial charge in [0.15, 0.2) is 0 Å². The number of carbonyl (C=O) groups excluding carboxylic acids is 2. The Bertz CT molecular complexity index is 857. The second kappa shape index (κ2) is 7.28. The molecular formula is C14H15Cl2NO7S. The van der Waals surface area contributed by atoms with E-state index in [0.717, 1.165) is 13.1 Å². The number of Topliss-reactive ketones (excluding diaryl/α,β-unsaturated/α-hetero) is 1. The van der Waals surface area contributed by atoms with Crippen LogP contribution in [0.3, 0.4) is 0 Å². The Balaban J connectivity index is 3.77. The molecule has 0 amide bonds. The van der Waals surface area contributed by atoms with E-state index in [1.807, 2.05) is 4.72 Å². The molecule has 0 saturated carbocycles. The highest BCUT2D eigenvalue weighted by Crippen LogP contribution is 2.34. The van der Waals surface area contributed by atoms with Crippen molar-refractivity contribution >= 4 is 50.9 Å². The number of carboxylic acid groups (broad SMARTS) is 1. The van der Waals surface area contributed by atoms with Gasteiger partial charge in [0.25, 0.3) is 5.78 Å². The summed E-state index contributed by atoms with van der Waals surface area (Å²) in [5.74, 6) is -4.39. The predicted molar refractivity (Wildman–Crippen MR) is 89.8 cm³/mol. The van der Waals surface area contributed by atoms with Gasteiger partial charge >= 0.3 is 11.9 Å². The number of nitrogens with one attached hydrogen (secondary N) is 1. The van der Waals surface area contributed by atoms with Crippen molar-refractivity contribution in [3.63, 3.8) is 0 Å². The maximum Gasteiger partial charge on any atom is 0.380 e. The van der Waals surface area contributed by atoms with E-state index in [-0.39, 0.29) is 0 Å². The Morgan fingerprint density at radius 2 is 1.68 bits per heavy atom. The Morgan fingerprint density at radius 1 is 1.16 bits per heavy atom. The van der Waals surface area contributed by atoms with Crippen molar-refractivity contribution in [1.29, 1.82) is 0 Å². The Labute approximate surface area is 154 Å². The predicted octanol–water partition coefficient (Wildman–Crippen LogP) is 2.12. The quantitative estimate of drug-likeness (QED) is 0.431. The van der Waals surface area contributed by atoms with E-state index < -0.39 is 59.4 Å². The fraction of sp³-hybridized carbons (Fsp3) is 0.357. The van der Waals surface area contributed by atoms with Crippen LogP contribution in [0.25, 0.3) is 0 Å². The molecule has 0 heterocycles. The zero-order chi connectivity index (χ0) is 19.7. The van der Waals surface area contributed by atoms with Gasteiger partial charge in [-0.3, -0.25) is 4.79 Å². The number of ether oxygens (including phenoxy) is 1. The minimum Gasteiger partial charge on any atom is -0.478 e. The normalized spacial score (nSPS) is 11.9.